The van der Waals surface area contributed by atoms with Crippen LogP contribution in [-0.4, -0.2) is 39.4 Å². The van der Waals surface area contributed by atoms with Crippen LogP contribution in [0, 0.1) is 17.0 Å². The molecule has 0 unspecified atom stereocenters. The summed E-state index contributed by atoms with van der Waals surface area (Å²) >= 11 is 0. The van der Waals surface area contributed by atoms with Crippen LogP contribution in [-0.2, 0) is 4.79 Å². The quantitative estimate of drug-likeness (QED) is 0.679. The van der Waals surface area contributed by atoms with Crippen molar-refractivity contribution in [1.29, 1.82) is 0 Å². The number of nitrogens with zero attached hydrogens (tertiary/aromatic N) is 2. The van der Waals surface area contributed by atoms with Crippen molar-refractivity contribution in [2.24, 2.45) is 0 Å². The summed E-state index contributed by atoms with van der Waals surface area (Å²) in [5, 5.41) is 20.5. The van der Waals surface area contributed by atoms with Gasteiger partial charge in [0, 0.05) is 24.2 Å². The van der Waals surface area contributed by atoms with Crippen LogP contribution in [0.4, 0.5) is 5.69 Å². The van der Waals surface area contributed by atoms with E-state index in [1.54, 1.807) is 6.92 Å². The number of carboxylic acid groups (broad SMARTS) is 1. The van der Waals surface area contributed by atoms with Crippen LogP contribution in [0.3, 0.4) is 0 Å². The van der Waals surface area contributed by atoms with E-state index in [0.717, 1.165) is 19.3 Å². The Kier molecular flexibility index (Phi) is 4.68. The van der Waals surface area contributed by atoms with Crippen LogP contribution in [0.1, 0.15) is 48.0 Å². The molecule has 0 heterocycles. The number of nitro groups is 1. The lowest BCUT2D eigenvalue weighted by Crippen LogP contribution is -2.56. The van der Waals surface area contributed by atoms with Crippen molar-refractivity contribution in [3.8, 4) is 0 Å². The van der Waals surface area contributed by atoms with Gasteiger partial charge in [0.1, 0.15) is 5.54 Å². The number of nitro benzene ring substituents is 1. The Morgan fingerprint density at radius 3 is 2.35 bits per heavy atom. The molecule has 0 aliphatic heterocycles. The SMILES string of the molecule is Cc1cc(C(=O)N(C)C2(C(=O)O)CCCCC2)ccc1[N+](=O)[O-]. The molecule has 1 aromatic carbocycles. The van der Waals surface area contributed by atoms with Crippen LogP contribution < -0.4 is 0 Å². The molecule has 23 heavy (non-hydrogen) atoms. The third kappa shape index (κ3) is 3.04. The third-order valence-electron chi connectivity index (χ3n) is 4.67. The zero-order chi connectivity index (χ0) is 17.2. The number of hydrogen-bond donors (Lipinski definition) is 1. The van der Waals surface area contributed by atoms with Crippen molar-refractivity contribution in [3.63, 3.8) is 0 Å². The minimum absolute atomic E-state index is 0.0604. The highest BCUT2D eigenvalue weighted by molar-refractivity contribution is 5.98. The second-order valence-electron chi connectivity index (χ2n) is 6.02. The molecule has 0 spiro atoms. The van der Waals surface area contributed by atoms with Gasteiger partial charge in [0.05, 0.1) is 4.92 Å². The zero-order valence-electron chi connectivity index (χ0n) is 13.2. The average molecular weight is 320 g/mol. The fourth-order valence-corrected chi connectivity index (χ4v) is 3.21. The molecule has 2 rings (SSSR count). The topological polar surface area (TPSA) is 101 Å². The zero-order valence-corrected chi connectivity index (χ0v) is 13.2. The number of carboxylic acids is 1. The van der Waals surface area contributed by atoms with Gasteiger partial charge < -0.3 is 10.0 Å². The van der Waals surface area contributed by atoms with E-state index in [-0.39, 0.29) is 11.3 Å². The summed E-state index contributed by atoms with van der Waals surface area (Å²) in [6.45, 7) is 1.56. The number of benzene rings is 1. The number of amides is 1. The van der Waals surface area contributed by atoms with Crippen LogP contribution in [0.15, 0.2) is 18.2 Å². The minimum Gasteiger partial charge on any atom is -0.479 e. The Labute approximate surface area is 134 Å². The molecule has 1 amide bonds. The second-order valence-corrected chi connectivity index (χ2v) is 6.02. The molecule has 0 radical (unpaired) electrons. The lowest BCUT2D eigenvalue weighted by Gasteiger charge is -2.41. The summed E-state index contributed by atoms with van der Waals surface area (Å²) in [4.78, 5) is 36.1. The van der Waals surface area contributed by atoms with Crippen molar-refractivity contribution in [2.75, 3.05) is 7.05 Å². The maximum Gasteiger partial charge on any atom is 0.329 e. The van der Waals surface area contributed by atoms with Crippen molar-refractivity contribution >= 4 is 17.6 Å². The monoisotopic (exact) mass is 320 g/mol. The number of rotatable bonds is 4. The summed E-state index contributed by atoms with van der Waals surface area (Å²) in [7, 11) is 1.50. The van der Waals surface area contributed by atoms with Gasteiger partial charge in [0.25, 0.3) is 11.6 Å². The molecule has 124 valence electrons. The van der Waals surface area contributed by atoms with Crippen molar-refractivity contribution in [1.82, 2.24) is 4.90 Å². The van der Waals surface area contributed by atoms with Crippen LogP contribution in [0.5, 0.6) is 0 Å². The Hall–Kier alpha value is -2.44. The summed E-state index contributed by atoms with van der Waals surface area (Å²) in [6.07, 6.45) is 3.35. The number of carbonyl (C=O) groups is 2. The molecule has 7 nitrogen and oxygen atoms in total. The molecule has 1 saturated carbocycles. The smallest absolute Gasteiger partial charge is 0.329 e. The summed E-state index contributed by atoms with van der Waals surface area (Å²) in [6, 6.07) is 4.10. The Morgan fingerprint density at radius 1 is 1.26 bits per heavy atom. The normalized spacial score (nSPS) is 16.6. The molecule has 0 aromatic heterocycles. The van der Waals surface area contributed by atoms with Crippen LogP contribution >= 0.6 is 0 Å². The number of likely N-dealkylation sites (N-methyl/N-ethyl adjacent to an activating group) is 1. The molecule has 0 saturated heterocycles. The van der Waals surface area contributed by atoms with Gasteiger partial charge in [0.15, 0.2) is 0 Å². The molecule has 7 heteroatoms. The van der Waals surface area contributed by atoms with Crippen LogP contribution in [0.2, 0.25) is 0 Å². The molecule has 1 aromatic rings. The van der Waals surface area contributed by atoms with E-state index in [1.807, 2.05) is 0 Å². The van der Waals surface area contributed by atoms with E-state index >= 15 is 0 Å². The predicted octanol–water partition coefficient (Wildman–Crippen LogP) is 2.76. The fourth-order valence-electron chi connectivity index (χ4n) is 3.21. The van der Waals surface area contributed by atoms with E-state index in [9.17, 15) is 24.8 Å². The van der Waals surface area contributed by atoms with E-state index < -0.39 is 22.3 Å². The van der Waals surface area contributed by atoms with Gasteiger partial charge in [-0.2, -0.15) is 0 Å². The maximum absolute atomic E-state index is 12.7. The van der Waals surface area contributed by atoms with Crippen molar-refractivity contribution < 1.29 is 19.6 Å². The minimum atomic E-state index is -1.19. The van der Waals surface area contributed by atoms with Crippen LogP contribution in [0.25, 0.3) is 0 Å². The standard InChI is InChI=1S/C16H20N2O5/c1-11-10-12(6-7-13(11)18(22)23)14(19)17(2)16(15(20)21)8-4-3-5-9-16/h6-7,10H,3-5,8-9H2,1-2H3,(H,20,21). The number of hydrogen-bond acceptors (Lipinski definition) is 4. The lowest BCUT2D eigenvalue weighted by atomic mass is 9.80. The first-order chi connectivity index (χ1) is 10.8. The van der Waals surface area contributed by atoms with Crippen molar-refractivity contribution in [3.05, 3.63) is 39.4 Å². The molecule has 1 fully saturated rings. The van der Waals surface area contributed by atoms with E-state index in [4.69, 9.17) is 0 Å². The molecular weight excluding hydrogens is 300 g/mol. The van der Waals surface area contributed by atoms with E-state index in [2.05, 4.69) is 0 Å². The fraction of sp³-hybridized carbons (Fsp3) is 0.500. The molecule has 1 aliphatic carbocycles. The Bertz CT molecular complexity index is 650. The van der Waals surface area contributed by atoms with E-state index in [1.165, 1.54) is 30.1 Å². The highest BCUT2D eigenvalue weighted by Gasteiger charge is 2.45. The highest BCUT2D eigenvalue weighted by Crippen LogP contribution is 2.34. The van der Waals surface area contributed by atoms with E-state index in [0.29, 0.717) is 18.4 Å². The number of aliphatic carboxylic acids is 1. The largest absolute Gasteiger partial charge is 0.479 e. The summed E-state index contributed by atoms with van der Waals surface area (Å²) in [5.41, 5.74) is -0.607. The van der Waals surface area contributed by atoms with Gasteiger partial charge in [-0.1, -0.05) is 19.3 Å². The number of carbonyl (C=O) groups excluding carboxylic acids is 1. The van der Waals surface area contributed by atoms with Gasteiger partial charge in [-0.3, -0.25) is 14.9 Å². The summed E-state index contributed by atoms with van der Waals surface area (Å²) < 4.78 is 0. The van der Waals surface area contributed by atoms with Gasteiger partial charge >= 0.3 is 5.97 Å². The maximum atomic E-state index is 12.7. The van der Waals surface area contributed by atoms with Gasteiger partial charge in [-0.15, -0.1) is 0 Å². The summed E-state index contributed by atoms with van der Waals surface area (Å²) in [5.74, 6) is -1.42. The lowest BCUT2D eigenvalue weighted by molar-refractivity contribution is -0.385. The molecule has 1 N–H and O–H groups in total. The average Bonchev–Trinajstić information content (AvgIpc) is 2.53. The first-order valence-electron chi connectivity index (χ1n) is 7.56. The first-order valence-corrected chi connectivity index (χ1v) is 7.56. The second kappa shape index (κ2) is 6.36. The molecule has 1 aliphatic rings. The predicted molar refractivity (Wildman–Crippen MR) is 83.4 cm³/mol. The van der Waals surface area contributed by atoms with Gasteiger partial charge in [-0.05, 0) is 31.9 Å². The third-order valence-corrected chi connectivity index (χ3v) is 4.67. The first kappa shape index (κ1) is 16.9. The Balaban J connectivity index is 2.33. The van der Waals surface area contributed by atoms with Crippen molar-refractivity contribution in [2.45, 2.75) is 44.6 Å². The van der Waals surface area contributed by atoms with Gasteiger partial charge in [0.2, 0.25) is 0 Å². The molecular formula is C16H20N2O5. The molecule has 0 atom stereocenters. The molecule has 0 bridgehead atoms. The highest BCUT2D eigenvalue weighted by atomic mass is 16.6. The number of aryl methyl sites for hydroxylation is 1. The Morgan fingerprint density at radius 2 is 1.87 bits per heavy atom. The van der Waals surface area contributed by atoms with Gasteiger partial charge in [-0.25, -0.2) is 4.79 Å².